The predicted molar refractivity (Wildman–Crippen MR) is 105 cm³/mol. The Morgan fingerprint density at radius 3 is 2.14 bits per heavy atom. The van der Waals surface area contributed by atoms with Gasteiger partial charge in [-0.3, -0.25) is 19.4 Å². The van der Waals surface area contributed by atoms with E-state index in [1.807, 2.05) is 0 Å². The van der Waals surface area contributed by atoms with Crippen molar-refractivity contribution in [2.24, 2.45) is 22.2 Å². The van der Waals surface area contributed by atoms with Crippen molar-refractivity contribution in [2.45, 2.75) is 43.8 Å². The van der Waals surface area contributed by atoms with Crippen LogP contribution in [-0.4, -0.2) is 76.6 Å². The summed E-state index contributed by atoms with van der Waals surface area (Å²) in [5.74, 6) is -3.62. The molecule has 0 bridgehead atoms. The summed E-state index contributed by atoms with van der Waals surface area (Å²) in [6.45, 7) is 0.192. The highest BCUT2D eigenvalue weighted by atomic mass is 32.2. The van der Waals surface area contributed by atoms with E-state index in [1.165, 1.54) is 11.8 Å². The van der Waals surface area contributed by atoms with Gasteiger partial charge in [0, 0.05) is 6.54 Å². The normalized spacial score (nSPS) is 13.6. The molecule has 0 saturated heterocycles. The van der Waals surface area contributed by atoms with E-state index in [2.05, 4.69) is 15.6 Å². The molecule has 2 amide bonds. The fraction of sp³-hybridized carbons (Fsp3) is 0.667. The second-order valence-electron chi connectivity index (χ2n) is 5.90. The molecular weight excluding hydrogens is 392 g/mol. The number of nitrogens with zero attached hydrogens (tertiary/aromatic N) is 1. The monoisotopic (exact) mass is 420 g/mol. The van der Waals surface area contributed by atoms with E-state index < -0.39 is 48.3 Å². The zero-order valence-corrected chi connectivity index (χ0v) is 16.4. The first-order valence-electron chi connectivity index (χ1n) is 8.43. The molecule has 0 aliphatic heterocycles. The summed E-state index contributed by atoms with van der Waals surface area (Å²) in [7, 11) is 0. The maximum absolute atomic E-state index is 12.5. The minimum Gasteiger partial charge on any atom is -0.481 e. The van der Waals surface area contributed by atoms with Gasteiger partial charge in [0.1, 0.15) is 12.1 Å². The Kier molecular flexibility index (Phi) is 12.4. The SMILES string of the molecule is CSCCC(NC(=O)C(CCCN=C(N)N)NC(=O)C(N)CC(=O)O)C(=O)O. The minimum atomic E-state index is -1.35. The first kappa shape index (κ1) is 25.5. The van der Waals surface area contributed by atoms with Gasteiger partial charge in [0.25, 0.3) is 0 Å². The molecule has 0 spiro atoms. The third-order valence-electron chi connectivity index (χ3n) is 3.53. The van der Waals surface area contributed by atoms with Gasteiger partial charge in [-0.05, 0) is 31.3 Å². The van der Waals surface area contributed by atoms with Gasteiger partial charge in [0.05, 0.1) is 12.5 Å². The van der Waals surface area contributed by atoms with Gasteiger partial charge in [-0.1, -0.05) is 0 Å². The molecule has 12 nitrogen and oxygen atoms in total. The zero-order chi connectivity index (χ0) is 21.7. The van der Waals surface area contributed by atoms with Crippen molar-refractivity contribution in [1.82, 2.24) is 10.6 Å². The summed E-state index contributed by atoms with van der Waals surface area (Å²) in [5, 5.41) is 22.7. The molecular formula is C15H28N6O6S. The van der Waals surface area contributed by atoms with Crippen molar-refractivity contribution in [2.75, 3.05) is 18.6 Å². The smallest absolute Gasteiger partial charge is 0.326 e. The lowest BCUT2D eigenvalue weighted by Crippen LogP contribution is -2.54. The largest absolute Gasteiger partial charge is 0.481 e. The van der Waals surface area contributed by atoms with Crippen LogP contribution in [0, 0.1) is 0 Å². The number of rotatable bonds is 14. The van der Waals surface area contributed by atoms with Crippen molar-refractivity contribution in [3.63, 3.8) is 0 Å². The van der Waals surface area contributed by atoms with E-state index in [1.54, 1.807) is 6.26 Å². The second-order valence-corrected chi connectivity index (χ2v) is 6.88. The summed E-state index contributed by atoms with van der Waals surface area (Å²) in [4.78, 5) is 50.3. The summed E-state index contributed by atoms with van der Waals surface area (Å²) >= 11 is 1.43. The van der Waals surface area contributed by atoms with Crippen LogP contribution in [0.2, 0.25) is 0 Å². The zero-order valence-electron chi connectivity index (χ0n) is 15.6. The molecule has 0 radical (unpaired) electrons. The summed E-state index contributed by atoms with van der Waals surface area (Å²) in [6.07, 6.45) is 1.81. The number of guanidine groups is 1. The van der Waals surface area contributed by atoms with Crippen LogP contribution in [0.5, 0.6) is 0 Å². The van der Waals surface area contributed by atoms with E-state index in [4.69, 9.17) is 22.3 Å². The third-order valence-corrected chi connectivity index (χ3v) is 4.18. The lowest BCUT2D eigenvalue weighted by molar-refractivity contribution is -0.142. The Hall–Kier alpha value is -2.54. The quantitative estimate of drug-likeness (QED) is 0.0899. The van der Waals surface area contributed by atoms with Crippen LogP contribution >= 0.6 is 11.8 Å². The lowest BCUT2D eigenvalue weighted by Gasteiger charge is -2.22. The van der Waals surface area contributed by atoms with Gasteiger partial charge in [0.2, 0.25) is 11.8 Å². The molecule has 3 unspecified atom stereocenters. The Morgan fingerprint density at radius 1 is 1.04 bits per heavy atom. The summed E-state index contributed by atoms with van der Waals surface area (Å²) in [5.41, 5.74) is 15.9. The van der Waals surface area contributed by atoms with Gasteiger partial charge in [0.15, 0.2) is 5.96 Å². The number of hydrogen-bond donors (Lipinski definition) is 7. The van der Waals surface area contributed by atoms with Gasteiger partial charge in [-0.15, -0.1) is 0 Å². The Balaban J connectivity index is 5.09. The first-order valence-corrected chi connectivity index (χ1v) is 9.83. The van der Waals surface area contributed by atoms with Gasteiger partial charge < -0.3 is 38.0 Å². The number of carbonyl (C=O) groups excluding carboxylic acids is 2. The topological polar surface area (TPSA) is 223 Å². The third kappa shape index (κ3) is 11.2. The molecule has 0 fully saturated rings. The van der Waals surface area contributed by atoms with E-state index in [0.717, 1.165) is 0 Å². The number of aliphatic imine (C=N–C) groups is 1. The van der Waals surface area contributed by atoms with Crippen LogP contribution in [-0.2, 0) is 19.2 Å². The number of aliphatic carboxylic acids is 2. The molecule has 10 N–H and O–H groups in total. The molecule has 0 heterocycles. The molecule has 28 heavy (non-hydrogen) atoms. The van der Waals surface area contributed by atoms with E-state index in [9.17, 15) is 24.3 Å². The molecule has 0 aliphatic carbocycles. The number of nitrogens with one attached hydrogen (secondary N) is 2. The molecule has 3 atom stereocenters. The van der Waals surface area contributed by atoms with Crippen LogP contribution in [0.3, 0.4) is 0 Å². The molecule has 0 aromatic heterocycles. The van der Waals surface area contributed by atoms with Gasteiger partial charge in [-0.25, -0.2) is 4.79 Å². The van der Waals surface area contributed by atoms with E-state index in [-0.39, 0.29) is 25.3 Å². The number of amides is 2. The molecule has 160 valence electrons. The van der Waals surface area contributed by atoms with Crippen LogP contribution in [0.4, 0.5) is 0 Å². The number of thioether (sulfide) groups is 1. The van der Waals surface area contributed by atoms with Crippen LogP contribution in [0.15, 0.2) is 4.99 Å². The Bertz CT molecular complexity index is 583. The minimum absolute atomic E-state index is 0.100. The maximum Gasteiger partial charge on any atom is 0.326 e. The molecule has 0 aliphatic rings. The number of carboxylic acids is 2. The van der Waals surface area contributed by atoms with Crippen molar-refractivity contribution >= 4 is 41.5 Å². The average molecular weight is 420 g/mol. The summed E-state index contributed by atoms with van der Waals surface area (Å²) < 4.78 is 0. The highest BCUT2D eigenvalue weighted by Crippen LogP contribution is 2.05. The Labute approximate surface area is 166 Å². The number of carbonyl (C=O) groups is 4. The lowest BCUT2D eigenvalue weighted by atomic mass is 10.1. The molecule has 0 saturated carbocycles. The molecule has 0 rings (SSSR count). The predicted octanol–water partition coefficient (Wildman–Crippen LogP) is -2.35. The van der Waals surface area contributed by atoms with Crippen LogP contribution < -0.4 is 27.8 Å². The molecule has 0 aromatic carbocycles. The van der Waals surface area contributed by atoms with Crippen molar-refractivity contribution in [3.05, 3.63) is 0 Å². The Morgan fingerprint density at radius 2 is 1.64 bits per heavy atom. The van der Waals surface area contributed by atoms with Crippen molar-refractivity contribution < 1.29 is 29.4 Å². The van der Waals surface area contributed by atoms with Gasteiger partial charge >= 0.3 is 11.9 Å². The highest BCUT2D eigenvalue weighted by molar-refractivity contribution is 7.98. The first-order chi connectivity index (χ1) is 13.1. The highest BCUT2D eigenvalue weighted by Gasteiger charge is 2.28. The maximum atomic E-state index is 12.5. The average Bonchev–Trinajstić information content (AvgIpc) is 2.59. The van der Waals surface area contributed by atoms with Crippen LogP contribution in [0.1, 0.15) is 25.7 Å². The van der Waals surface area contributed by atoms with E-state index in [0.29, 0.717) is 12.2 Å². The fourth-order valence-corrected chi connectivity index (χ4v) is 2.57. The number of nitrogens with two attached hydrogens (primary N) is 3. The second kappa shape index (κ2) is 13.6. The summed E-state index contributed by atoms with van der Waals surface area (Å²) in [6, 6.07) is -3.58. The fourth-order valence-electron chi connectivity index (χ4n) is 2.10. The number of hydrogen-bond acceptors (Lipinski definition) is 7. The van der Waals surface area contributed by atoms with Crippen LogP contribution in [0.25, 0.3) is 0 Å². The number of carboxylic acid groups (broad SMARTS) is 2. The molecule has 0 aromatic rings. The van der Waals surface area contributed by atoms with Crippen molar-refractivity contribution in [3.8, 4) is 0 Å². The van der Waals surface area contributed by atoms with Crippen molar-refractivity contribution in [1.29, 1.82) is 0 Å². The van der Waals surface area contributed by atoms with Gasteiger partial charge in [-0.2, -0.15) is 11.8 Å². The standard InChI is InChI=1S/C15H28N6O6S/c1-28-6-4-10(14(26)27)21-13(25)9(3-2-5-19-15(17)18)20-12(24)8(16)7-11(22)23/h8-10H,2-7,16H2,1H3,(H,20,24)(H,21,25)(H,22,23)(H,26,27)(H4,17,18,19). The molecule has 13 heteroatoms. The van der Waals surface area contributed by atoms with E-state index >= 15 is 0 Å².